The van der Waals surface area contributed by atoms with E-state index in [-0.39, 0.29) is 13.2 Å². The summed E-state index contributed by atoms with van der Waals surface area (Å²) in [6, 6.07) is -0.557. The summed E-state index contributed by atoms with van der Waals surface area (Å²) in [5.41, 5.74) is 5.51. The van der Waals surface area contributed by atoms with Crippen LogP contribution in [0.1, 0.15) is 110 Å². The van der Waals surface area contributed by atoms with Gasteiger partial charge in [0.05, 0.1) is 25.4 Å². The first-order valence-electron chi connectivity index (χ1n) is 12.2. The molecule has 0 spiro atoms. The van der Waals surface area contributed by atoms with Crippen molar-refractivity contribution in [2.45, 2.75) is 122 Å². The van der Waals surface area contributed by atoms with E-state index < -0.39 is 20.0 Å². The van der Waals surface area contributed by atoms with E-state index in [0.717, 1.165) is 19.3 Å². The van der Waals surface area contributed by atoms with Crippen molar-refractivity contribution in [2.24, 2.45) is 5.73 Å². The Kier molecular flexibility index (Phi) is 25.9. The summed E-state index contributed by atoms with van der Waals surface area (Å²) in [5.74, 6) is 0. The molecule has 0 amide bonds. The zero-order chi connectivity index (χ0) is 23.8. The molecule has 6 N–H and O–H groups in total. The molecular formula is C23H50NO6P. The van der Waals surface area contributed by atoms with Gasteiger partial charge >= 0.3 is 7.82 Å². The van der Waals surface area contributed by atoms with E-state index >= 15 is 0 Å². The highest BCUT2D eigenvalue weighted by Gasteiger charge is 2.12. The summed E-state index contributed by atoms with van der Waals surface area (Å²) in [6.07, 6.45) is 21.5. The molecule has 0 aliphatic heterocycles. The molecule has 0 heterocycles. The zero-order valence-electron chi connectivity index (χ0n) is 20.0. The first-order chi connectivity index (χ1) is 14.8. The van der Waals surface area contributed by atoms with Crippen LogP contribution in [0.3, 0.4) is 0 Å². The highest BCUT2D eigenvalue weighted by molar-refractivity contribution is 7.46. The molecule has 0 aromatic rings. The molecule has 2 atom stereocenters. The first-order valence-corrected chi connectivity index (χ1v) is 13.7. The minimum atomic E-state index is -4.21. The van der Waals surface area contributed by atoms with Crippen LogP contribution in [-0.2, 0) is 9.09 Å². The molecule has 0 aromatic carbocycles. The zero-order valence-corrected chi connectivity index (χ0v) is 20.9. The summed E-state index contributed by atoms with van der Waals surface area (Å²) < 4.78 is 14.3. The molecule has 31 heavy (non-hydrogen) atoms. The van der Waals surface area contributed by atoms with Crippen molar-refractivity contribution < 1.29 is 29.1 Å². The predicted octanol–water partition coefficient (Wildman–Crippen LogP) is 5.21. The molecule has 0 bridgehead atoms. The maximum atomic E-state index is 10.1. The fourth-order valence-corrected chi connectivity index (χ4v) is 3.32. The topological polar surface area (TPSA) is 133 Å². The van der Waals surface area contributed by atoms with E-state index in [9.17, 15) is 9.67 Å². The lowest BCUT2D eigenvalue weighted by Crippen LogP contribution is -2.36. The normalized spacial score (nSPS) is 13.8. The number of hydrogen-bond donors (Lipinski definition) is 5. The van der Waals surface area contributed by atoms with Crippen molar-refractivity contribution in [3.05, 3.63) is 12.2 Å². The van der Waals surface area contributed by atoms with Gasteiger partial charge in [0.25, 0.3) is 0 Å². The minimum Gasteiger partial charge on any atom is -0.395 e. The van der Waals surface area contributed by atoms with Crippen molar-refractivity contribution in [3.63, 3.8) is 0 Å². The molecule has 0 aliphatic rings. The Balaban J connectivity index is 0. The summed E-state index contributed by atoms with van der Waals surface area (Å²) >= 11 is 0. The van der Waals surface area contributed by atoms with Gasteiger partial charge in [0.15, 0.2) is 0 Å². The number of unbranched alkanes of at least 4 members (excludes halogenated alkanes) is 13. The maximum absolute atomic E-state index is 10.1. The SMILES string of the molecule is CCCCCCCCCCCCC/C=C/[C@@H](O)[C@@H](N)CO.CCCCCOP(=O)(O)O. The number of rotatable bonds is 20. The summed E-state index contributed by atoms with van der Waals surface area (Å²) in [4.78, 5) is 16.4. The number of phosphoric acid groups is 1. The third-order valence-corrected chi connectivity index (χ3v) is 5.48. The Morgan fingerprint density at radius 1 is 0.839 bits per heavy atom. The monoisotopic (exact) mass is 467 g/mol. The summed E-state index contributed by atoms with van der Waals surface area (Å²) in [7, 11) is -4.21. The molecule has 0 aliphatic carbocycles. The Morgan fingerprint density at radius 2 is 1.29 bits per heavy atom. The van der Waals surface area contributed by atoms with Crippen molar-refractivity contribution in [1.82, 2.24) is 0 Å². The average molecular weight is 468 g/mol. The number of phosphoric ester groups is 1. The summed E-state index contributed by atoms with van der Waals surface area (Å²) in [5, 5.41) is 18.3. The van der Waals surface area contributed by atoms with Crippen LogP contribution in [-0.4, -0.2) is 45.4 Å². The third-order valence-electron chi connectivity index (χ3n) is 4.96. The predicted molar refractivity (Wildman–Crippen MR) is 129 cm³/mol. The van der Waals surface area contributed by atoms with Crippen molar-refractivity contribution in [2.75, 3.05) is 13.2 Å². The Labute approximate surface area is 190 Å². The smallest absolute Gasteiger partial charge is 0.395 e. The standard InChI is InChI=1S/C18H37NO2.C5H13O4P/c1-2-3-4-5-6-7-8-9-10-11-12-13-14-15-18(21)17(19)16-20;1-2-3-4-5-9-10(6,7)8/h14-15,17-18,20-21H,2-13,16,19H2,1H3;2-5H2,1H3,(H2,6,7,8)/b15-14+;/t17-,18+;/m0./s1. The van der Waals surface area contributed by atoms with Crippen LogP contribution in [0.15, 0.2) is 12.2 Å². The minimum absolute atomic E-state index is 0.151. The van der Waals surface area contributed by atoms with Crippen LogP contribution >= 0.6 is 7.82 Å². The number of aliphatic hydroxyl groups excluding tert-OH is 2. The first kappa shape index (κ1) is 32.9. The van der Waals surface area contributed by atoms with Gasteiger partial charge in [-0.15, -0.1) is 0 Å². The van der Waals surface area contributed by atoms with Gasteiger partial charge in [0, 0.05) is 0 Å². The second-order valence-corrected chi connectivity index (χ2v) is 9.36. The van der Waals surface area contributed by atoms with Gasteiger partial charge in [-0.2, -0.15) is 0 Å². The van der Waals surface area contributed by atoms with Gasteiger partial charge in [-0.1, -0.05) is 103 Å². The number of hydrogen-bond acceptors (Lipinski definition) is 5. The average Bonchev–Trinajstić information content (AvgIpc) is 2.73. The Hall–Kier alpha value is -0.270. The van der Waals surface area contributed by atoms with Crippen molar-refractivity contribution in [3.8, 4) is 0 Å². The van der Waals surface area contributed by atoms with Crippen LogP contribution in [0.5, 0.6) is 0 Å². The number of aliphatic hydroxyl groups is 2. The molecule has 7 nitrogen and oxygen atoms in total. The highest BCUT2D eigenvalue weighted by atomic mass is 31.2. The van der Waals surface area contributed by atoms with E-state index in [0.29, 0.717) is 6.42 Å². The lowest BCUT2D eigenvalue weighted by molar-refractivity contribution is 0.144. The number of allylic oxidation sites excluding steroid dienone is 1. The molecule has 0 aromatic heterocycles. The van der Waals surface area contributed by atoms with Crippen LogP contribution in [0, 0.1) is 0 Å². The van der Waals surface area contributed by atoms with Gasteiger partial charge in [-0.25, -0.2) is 4.57 Å². The highest BCUT2D eigenvalue weighted by Crippen LogP contribution is 2.35. The molecular weight excluding hydrogens is 417 g/mol. The molecule has 0 fully saturated rings. The Bertz CT molecular complexity index is 430. The maximum Gasteiger partial charge on any atom is 0.469 e. The van der Waals surface area contributed by atoms with E-state index in [1.165, 1.54) is 70.6 Å². The van der Waals surface area contributed by atoms with Crippen molar-refractivity contribution in [1.29, 1.82) is 0 Å². The second-order valence-electron chi connectivity index (χ2n) is 8.12. The largest absolute Gasteiger partial charge is 0.469 e. The van der Waals surface area contributed by atoms with Gasteiger partial charge in [-0.05, 0) is 19.3 Å². The van der Waals surface area contributed by atoms with E-state index in [4.69, 9.17) is 20.6 Å². The summed E-state index contributed by atoms with van der Waals surface area (Å²) in [6.45, 7) is 4.25. The van der Waals surface area contributed by atoms with Gasteiger partial charge in [0.2, 0.25) is 0 Å². The lowest BCUT2D eigenvalue weighted by Gasteiger charge is -2.11. The fourth-order valence-electron chi connectivity index (χ4n) is 2.95. The van der Waals surface area contributed by atoms with Crippen LogP contribution in [0.2, 0.25) is 0 Å². The molecule has 0 saturated heterocycles. The third kappa shape index (κ3) is 29.7. The van der Waals surface area contributed by atoms with E-state index in [2.05, 4.69) is 11.4 Å². The Morgan fingerprint density at radius 3 is 1.74 bits per heavy atom. The lowest BCUT2D eigenvalue weighted by atomic mass is 10.0. The number of nitrogens with two attached hydrogens (primary N) is 1. The molecule has 8 heteroatoms. The molecule has 0 saturated carbocycles. The van der Waals surface area contributed by atoms with Crippen LogP contribution in [0.4, 0.5) is 0 Å². The van der Waals surface area contributed by atoms with E-state index in [1.807, 2.05) is 13.0 Å². The molecule has 0 radical (unpaired) electrons. The van der Waals surface area contributed by atoms with Crippen LogP contribution < -0.4 is 5.73 Å². The van der Waals surface area contributed by atoms with E-state index in [1.54, 1.807) is 6.08 Å². The molecule has 0 unspecified atom stereocenters. The van der Waals surface area contributed by atoms with Gasteiger partial charge < -0.3 is 25.7 Å². The molecule has 188 valence electrons. The van der Waals surface area contributed by atoms with Crippen LogP contribution in [0.25, 0.3) is 0 Å². The second kappa shape index (κ2) is 24.4. The van der Waals surface area contributed by atoms with Crippen molar-refractivity contribution >= 4 is 7.82 Å². The fraction of sp³-hybridized carbons (Fsp3) is 0.913. The molecule has 0 rings (SSSR count). The quantitative estimate of drug-likeness (QED) is 0.0942. The van der Waals surface area contributed by atoms with Gasteiger partial charge in [-0.3, -0.25) is 4.52 Å². The van der Waals surface area contributed by atoms with Gasteiger partial charge in [0.1, 0.15) is 0 Å².